The van der Waals surface area contributed by atoms with Crippen LogP contribution in [0.2, 0.25) is 5.02 Å². The van der Waals surface area contributed by atoms with E-state index in [-0.39, 0.29) is 23.4 Å². The summed E-state index contributed by atoms with van der Waals surface area (Å²) in [6.45, 7) is 0.705. The third-order valence-electron chi connectivity index (χ3n) is 5.00. The summed E-state index contributed by atoms with van der Waals surface area (Å²) < 4.78 is 16.7. The molecule has 0 atom stereocenters. The zero-order valence-electron chi connectivity index (χ0n) is 18.7. The Hall–Kier alpha value is -3.88. The molecule has 0 unspecified atom stereocenters. The largest absolute Gasteiger partial charge is 0.493 e. The van der Waals surface area contributed by atoms with Crippen LogP contribution in [0.15, 0.2) is 67.0 Å². The molecule has 4 rings (SSSR count). The standard InChI is InChI=1S/C25H23ClN4O4/c1-32-21-12-17-19(13-22(21)33-2)28-11-9-20(17)34-25-24(26)18(8-10-29-25)30-23(31)15-27-14-16-6-4-3-5-7-16/h3-13,27H,14-15H2,1-2H3,(H,29,30,31). The van der Waals surface area contributed by atoms with Crippen LogP contribution in [0.4, 0.5) is 5.69 Å². The summed E-state index contributed by atoms with van der Waals surface area (Å²) >= 11 is 6.51. The van der Waals surface area contributed by atoms with E-state index in [1.165, 1.54) is 6.20 Å². The molecule has 0 fully saturated rings. The number of nitrogens with zero attached hydrogens (tertiary/aromatic N) is 2. The highest BCUT2D eigenvalue weighted by Crippen LogP contribution is 2.39. The number of aromatic nitrogens is 2. The van der Waals surface area contributed by atoms with Gasteiger partial charge in [-0.1, -0.05) is 41.9 Å². The fraction of sp³-hybridized carbons (Fsp3) is 0.160. The van der Waals surface area contributed by atoms with Gasteiger partial charge in [-0.15, -0.1) is 0 Å². The molecule has 8 nitrogen and oxygen atoms in total. The Bertz CT molecular complexity index is 1300. The van der Waals surface area contributed by atoms with E-state index in [9.17, 15) is 4.79 Å². The topological polar surface area (TPSA) is 94.6 Å². The number of nitrogens with one attached hydrogen (secondary N) is 2. The molecule has 2 heterocycles. The number of amides is 1. The first-order chi connectivity index (χ1) is 16.6. The summed E-state index contributed by atoms with van der Waals surface area (Å²) in [7, 11) is 3.12. The smallest absolute Gasteiger partial charge is 0.240 e. The number of benzene rings is 2. The van der Waals surface area contributed by atoms with Crippen molar-refractivity contribution >= 4 is 34.1 Å². The highest BCUT2D eigenvalue weighted by molar-refractivity contribution is 6.35. The van der Waals surface area contributed by atoms with Gasteiger partial charge in [-0.2, -0.15) is 0 Å². The Morgan fingerprint density at radius 1 is 0.941 bits per heavy atom. The number of pyridine rings is 2. The average molecular weight is 479 g/mol. The zero-order valence-corrected chi connectivity index (χ0v) is 19.4. The molecule has 0 aliphatic heterocycles. The van der Waals surface area contributed by atoms with Gasteiger partial charge in [-0.05, 0) is 23.8 Å². The third-order valence-corrected chi connectivity index (χ3v) is 5.37. The molecule has 2 N–H and O–H groups in total. The molecule has 1 amide bonds. The van der Waals surface area contributed by atoms with Crippen molar-refractivity contribution in [3.8, 4) is 23.1 Å². The van der Waals surface area contributed by atoms with E-state index in [0.717, 1.165) is 5.56 Å². The van der Waals surface area contributed by atoms with E-state index in [1.54, 1.807) is 44.7 Å². The van der Waals surface area contributed by atoms with Crippen LogP contribution in [-0.2, 0) is 11.3 Å². The lowest BCUT2D eigenvalue weighted by molar-refractivity contribution is -0.115. The summed E-state index contributed by atoms with van der Waals surface area (Å²) in [4.78, 5) is 21.0. The molecule has 0 saturated heterocycles. The number of fused-ring (bicyclic) bond motifs is 1. The van der Waals surface area contributed by atoms with Crippen LogP contribution in [0.1, 0.15) is 5.56 Å². The normalized spacial score (nSPS) is 10.7. The molecule has 2 aromatic carbocycles. The maximum absolute atomic E-state index is 12.4. The van der Waals surface area contributed by atoms with Gasteiger partial charge in [-0.3, -0.25) is 9.78 Å². The first kappa shape index (κ1) is 23.3. The predicted octanol–water partition coefficient (Wildman–Crippen LogP) is 4.82. The van der Waals surface area contributed by atoms with Crippen molar-refractivity contribution in [1.82, 2.24) is 15.3 Å². The average Bonchev–Trinajstić information content (AvgIpc) is 2.86. The predicted molar refractivity (Wildman–Crippen MR) is 131 cm³/mol. The second-order valence-corrected chi connectivity index (χ2v) is 7.63. The number of ether oxygens (including phenoxy) is 3. The van der Waals surface area contributed by atoms with Crippen LogP contribution in [0, 0.1) is 0 Å². The van der Waals surface area contributed by atoms with Crippen molar-refractivity contribution in [1.29, 1.82) is 0 Å². The van der Waals surface area contributed by atoms with Crippen LogP contribution in [0.5, 0.6) is 23.1 Å². The SMILES string of the molecule is COc1cc2nccc(Oc3nccc(NC(=O)CNCc4ccccc4)c3Cl)c2cc1OC. The van der Waals surface area contributed by atoms with Crippen LogP contribution in [0.3, 0.4) is 0 Å². The number of carbonyl (C=O) groups excluding carboxylic acids is 1. The van der Waals surface area contributed by atoms with Gasteiger partial charge >= 0.3 is 0 Å². The number of anilines is 1. The molecule has 0 aliphatic rings. The maximum atomic E-state index is 12.4. The van der Waals surface area contributed by atoms with Crippen LogP contribution < -0.4 is 24.8 Å². The molecule has 0 bridgehead atoms. The van der Waals surface area contributed by atoms with Gasteiger partial charge in [0.1, 0.15) is 10.8 Å². The molecule has 0 radical (unpaired) electrons. The van der Waals surface area contributed by atoms with E-state index >= 15 is 0 Å². The Morgan fingerprint density at radius 3 is 2.44 bits per heavy atom. The van der Waals surface area contributed by atoms with Gasteiger partial charge in [-0.25, -0.2) is 4.98 Å². The molecular weight excluding hydrogens is 456 g/mol. The zero-order chi connectivity index (χ0) is 23.9. The van der Waals surface area contributed by atoms with Crippen LogP contribution in [-0.4, -0.2) is 36.6 Å². The summed E-state index contributed by atoms with van der Waals surface area (Å²) in [5.41, 5.74) is 2.14. The highest BCUT2D eigenvalue weighted by Gasteiger charge is 2.16. The minimum atomic E-state index is -0.235. The molecule has 0 spiro atoms. The minimum absolute atomic E-state index is 0.125. The van der Waals surface area contributed by atoms with E-state index < -0.39 is 0 Å². The lowest BCUT2D eigenvalue weighted by Gasteiger charge is -2.14. The molecule has 174 valence electrons. The Labute approximate surface area is 201 Å². The summed E-state index contributed by atoms with van der Waals surface area (Å²) in [6, 6.07) is 16.7. The second kappa shape index (κ2) is 10.8. The van der Waals surface area contributed by atoms with E-state index in [0.29, 0.717) is 40.4 Å². The van der Waals surface area contributed by atoms with E-state index in [1.807, 2.05) is 30.3 Å². The summed E-state index contributed by atoms with van der Waals surface area (Å²) in [6.07, 6.45) is 3.13. The summed E-state index contributed by atoms with van der Waals surface area (Å²) in [5, 5.41) is 6.77. The van der Waals surface area contributed by atoms with E-state index in [4.69, 9.17) is 25.8 Å². The fourth-order valence-corrected chi connectivity index (χ4v) is 3.54. The molecule has 9 heteroatoms. The molecular formula is C25H23ClN4O4. The number of halogens is 1. The minimum Gasteiger partial charge on any atom is -0.493 e. The van der Waals surface area contributed by atoms with Crippen molar-refractivity contribution in [2.24, 2.45) is 0 Å². The van der Waals surface area contributed by atoms with Gasteiger partial charge in [0.05, 0.1) is 32.0 Å². The second-order valence-electron chi connectivity index (χ2n) is 7.25. The van der Waals surface area contributed by atoms with Gasteiger partial charge < -0.3 is 24.8 Å². The lowest BCUT2D eigenvalue weighted by Crippen LogP contribution is -2.27. The molecule has 4 aromatic rings. The first-order valence-corrected chi connectivity index (χ1v) is 10.8. The summed E-state index contributed by atoms with van der Waals surface area (Å²) in [5.74, 6) is 1.49. The van der Waals surface area contributed by atoms with Crippen LogP contribution >= 0.6 is 11.6 Å². The Balaban J connectivity index is 1.49. The van der Waals surface area contributed by atoms with Crippen LogP contribution in [0.25, 0.3) is 10.9 Å². The van der Waals surface area contributed by atoms with Crippen molar-refractivity contribution < 1.29 is 19.0 Å². The van der Waals surface area contributed by atoms with Crippen molar-refractivity contribution in [3.63, 3.8) is 0 Å². The number of methoxy groups -OCH3 is 2. The molecule has 0 aliphatic carbocycles. The Morgan fingerprint density at radius 2 is 1.68 bits per heavy atom. The number of hydrogen-bond acceptors (Lipinski definition) is 7. The van der Waals surface area contributed by atoms with Gasteiger partial charge in [0.25, 0.3) is 0 Å². The molecule has 2 aromatic heterocycles. The van der Waals surface area contributed by atoms with Gasteiger partial charge in [0.15, 0.2) is 11.5 Å². The maximum Gasteiger partial charge on any atom is 0.240 e. The number of carbonyl (C=O) groups is 1. The van der Waals surface area contributed by atoms with Crippen molar-refractivity contribution in [3.05, 3.63) is 77.6 Å². The quantitative estimate of drug-likeness (QED) is 0.356. The number of rotatable bonds is 9. The number of hydrogen-bond donors (Lipinski definition) is 2. The fourth-order valence-electron chi connectivity index (χ4n) is 3.34. The highest BCUT2D eigenvalue weighted by atomic mass is 35.5. The van der Waals surface area contributed by atoms with Gasteiger partial charge in [0.2, 0.25) is 11.8 Å². The van der Waals surface area contributed by atoms with Crippen molar-refractivity contribution in [2.45, 2.75) is 6.54 Å². The van der Waals surface area contributed by atoms with E-state index in [2.05, 4.69) is 20.6 Å². The monoisotopic (exact) mass is 478 g/mol. The molecule has 34 heavy (non-hydrogen) atoms. The molecule has 0 saturated carbocycles. The van der Waals surface area contributed by atoms with Crippen molar-refractivity contribution in [2.75, 3.05) is 26.1 Å². The first-order valence-electron chi connectivity index (χ1n) is 10.5. The lowest BCUT2D eigenvalue weighted by atomic mass is 10.2. The Kier molecular flexibility index (Phi) is 7.41. The van der Waals surface area contributed by atoms with Gasteiger partial charge in [0, 0.05) is 30.4 Å². The third kappa shape index (κ3) is 5.36.